The zero-order chi connectivity index (χ0) is 7.94. The molecule has 1 fully saturated rings. The minimum atomic E-state index is 0.252. The molecule has 0 aromatic heterocycles. The lowest BCUT2D eigenvalue weighted by Crippen LogP contribution is -2.01. The van der Waals surface area contributed by atoms with E-state index in [0.717, 1.165) is 19.4 Å². The summed E-state index contributed by atoms with van der Waals surface area (Å²) >= 11 is 0. The Bertz CT molecular complexity index is 115. The van der Waals surface area contributed by atoms with Crippen LogP contribution in [0.15, 0.2) is 12.2 Å². The molecule has 1 atom stereocenters. The van der Waals surface area contributed by atoms with Crippen LogP contribution in [0.1, 0.15) is 25.7 Å². The molecule has 1 saturated heterocycles. The van der Waals surface area contributed by atoms with Crippen LogP contribution in [-0.2, 0) is 4.74 Å². The van der Waals surface area contributed by atoms with Crippen molar-refractivity contribution in [1.82, 2.24) is 0 Å². The normalized spacial score (nSPS) is 25.0. The van der Waals surface area contributed by atoms with Crippen LogP contribution < -0.4 is 0 Å². The van der Waals surface area contributed by atoms with Gasteiger partial charge in [-0.15, -0.1) is 0 Å². The summed E-state index contributed by atoms with van der Waals surface area (Å²) in [5.41, 5.74) is 0. The van der Waals surface area contributed by atoms with Gasteiger partial charge in [0, 0.05) is 13.2 Å². The smallest absolute Gasteiger partial charge is 0.0610 e. The molecule has 64 valence electrons. The molecule has 1 N–H and O–H groups in total. The van der Waals surface area contributed by atoms with Crippen molar-refractivity contribution in [2.45, 2.75) is 31.8 Å². The molecule has 0 amide bonds. The second kappa shape index (κ2) is 5.33. The Labute approximate surface area is 67.9 Å². The maximum Gasteiger partial charge on any atom is 0.0610 e. The maximum atomic E-state index is 8.48. The van der Waals surface area contributed by atoms with Crippen molar-refractivity contribution in [3.8, 4) is 0 Å². The summed E-state index contributed by atoms with van der Waals surface area (Å²) < 4.78 is 5.42. The summed E-state index contributed by atoms with van der Waals surface area (Å²) in [5.74, 6) is 0. The molecule has 1 heterocycles. The van der Waals surface area contributed by atoms with Crippen LogP contribution in [-0.4, -0.2) is 24.4 Å². The van der Waals surface area contributed by atoms with Crippen molar-refractivity contribution < 1.29 is 9.84 Å². The van der Waals surface area contributed by atoms with Crippen molar-refractivity contribution in [3.05, 3.63) is 12.2 Å². The zero-order valence-corrected chi connectivity index (χ0v) is 6.83. The van der Waals surface area contributed by atoms with Gasteiger partial charge in [0.1, 0.15) is 0 Å². The summed E-state index contributed by atoms with van der Waals surface area (Å²) in [6, 6.07) is 0. The van der Waals surface area contributed by atoms with Crippen LogP contribution in [0.2, 0.25) is 0 Å². The predicted octanol–water partition coefficient (Wildman–Crippen LogP) is 1.49. The van der Waals surface area contributed by atoms with Gasteiger partial charge in [0.15, 0.2) is 0 Å². The van der Waals surface area contributed by atoms with E-state index < -0.39 is 0 Å². The molecule has 0 bridgehead atoms. The van der Waals surface area contributed by atoms with E-state index in [-0.39, 0.29) is 6.61 Å². The summed E-state index contributed by atoms with van der Waals surface area (Å²) in [7, 11) is 0. The third-order valence-corrected chi connectivity index (χ3v) is 1.89. The molecule has 1 aliphatic rings. The van der Waals surface area contributed by atoms with Crippen LogP contribution >= 0.6 is 0 Å². The average molecular weight is 156 g/mol. The highest BCUT2D eigenvalue weighted by Gasteiger charge is 2.12. The molecule has 0 spiro atoms. The first-order valence-corrected chi connectivity index (χ1v) is 4.31. The molecule has 0 aromatic rings. The summed E-state index contributed by atoms with van der Waals surface area (Å²) in [6.07, 6.45) is 8.76. The Hall–Kier alpha value is -0.340. The van der Waals surface area contributed by atoms with E-state index in [1.165, 1.54) is 12.8 Å². The monoisotopic (exact) mass is 156 g/mol. The Morgan fingerprint density at radius 1 is 1.45 bits per heavy atom. The first-order chi connectivity index (χ1) is 5.43. The van der Waals surface area contributed by atoms with Gasteiger partial charge >= 0.3 is 0 Å². The second-order valence-corrected chi connectivity index (χ2v) is 2.85. The SMILES string of the molecule is OCC/C=C\CC1CCCO1. The number of hydrogen-bond acceptors (Lipinski definition) is 2. The van der Waals surface area contributed by atoms with Crippen LogP contribution in [0.5, 0.6) is 0 Å². The Kier molecular flexibility index (Phi) is 4.24. The van der Waals surface area contributed by atoms with Crippen molar-refractivity contribution in [2.75, 3.05) is 13.2 Å². The number of hydrogen-bond donors (Lipinski definition) is 1. The molecular weight excluding hydrogens is 140 g/mol. The third kappa shape index (κ3) is 3.54. The predicted molar refractivity (Wildman–Crippen MR) is 44.4 cm³/mol. The van der Waals surface area contributed by atoms with Gasteiger partial charge < -0.3 is 9.84 Å². The minimum absolute atomic E-state index is 0.252. The highest BCUT2D eigenvalue weighted by molar-refractivity contribution is 4.85. The van der Waals surface area contributed by atoms with Crippen LogP contribution in [0.25, 0.3) is 0 Å². The van der Waals surface area contributed by atoms with Gasteiger partial charge in [-0.25, -0.2) is 0 Å². The molecule has 0 aromatic carbocycles. The van der Waals surface area contributed by atoms with Crippen molar-refractivity contribution in [3.63, 3.8) is 0 Å². The van der Waals surface area contributed by atoms with E-state index in [1.54, 1.807) is 0 Å². The van der Waals surface area contributed by atoms with Crippen molar-refractivity contribution >= 4 is 0 Å². The van der Waals surface area contributed by atoms with Gasteiger partial charge in [-0.2, -0.15) is 0 Å². The van der Waals surface area contributed by atoms with E-state index in [2.05, 4.69) is 6.08 Å². The molecule has 1 unspecified atom stereocenters. The van der Waals surface area contributed by atoms with Crippen molar-refractivity contribution in [1.29, 1.82) is 0 Å². The fraction of sp³-hybridized carbons (Fsp3) is 0.778. The first kappa shape index (κ1) is 8.75. The van der Waals surface area contributed by atoms with Gasteiger partial charge in [-0.05, 0) is 25.7 Å². The maximum absolute atomic E-state index is 8.48. The summed E-state index contributed by atoms with van der Waals surface area (Å²) in [6.45, 7) is 1.18. The second-order valence-electron chi connectivity index (χ2n) is 2.85. The topological polar surface area (TPSA) is 29.5 Å². The third-order valence-electron chi connectivity index (χ3n) is 1.89. The molecule has 0 saturated carbocycles. The molecule has 1 aliphatic heterocycles. The number of aliphatic hydroxyl groups is 1. The molecule has 1 rings (SSSR count). The van der Waals surface area contributed by atoms with E-state index in [4.69, 9.17) is 9.84 Å². The van der Waals surface area contributed by atoms with Gasteiger partial charge in [0.2, 0.25) is 0 Å². The zero-order valence-electron chi connectivity index (χ0n) is 6.83. The van der Waals surface area contributed by atoms with Crippen LogP contribution in [0.4, 0.5) is 0 Å². The molecule has 2 nitrogen and oxygen atoms in total. The molecule has 11 heavy (non-hydrogen) atoms. The lowest BCUT2D eigenvalue weighted by molar-refractivity contribution is 0.113. The molecule has 0 aliphatic carbocycles. The van der Waals surface area contributed by atoms with E-state index >= 15 is 0 Å². The number of rotatable bonds is 4. The lowest BCUT2D eigenvalue weighted by Gasteiger charge is -2.03. The van der Waals surface area contributed by atoms with Crippen LogP contribution in [0, 0.1) is 0 Å². The Balaban J connectivity index is 2.01. The van der Waals surface area contributed by atoms with Gasteiger partial charge in [-0.3, -0.25) is 0 Å². The number of aliphatic hydroxyl groups excluding tert-OH is 1. The number of ether oxygens (including phenoxy) is 1. The van der Waals surface area contributed by atoms with E-state index in [0.29, 0.717) is 6.10 Å². The standard InChI is InChI=1S/C9H16O2/c10-7-3-1-2-5-9-6-4-8-11-9/h1-2,9-10H,3-8H2/b2-1-. The molecular formula is C9H16O2. The average Bonchev–Trinajstić information content (AvgIpc) is 2.50. The fourth-order valence-corrected chi connectivity index (χ4v) is 1.27. The summed E-state index contributed by atoms with van der Waals surface area (Å²) in [5, 5.41) is 8.48. The lowest BCUT2D eigenvalue weighted by atomic mass is 10.2. The van der Waals surface area contributed by atoms with E-state index in [9.17, 15) is 0 Å². The first-order valence-electron chi connectivity index (χ1n) is 4.31. The highest BCUT2D eigenvalue weighted by atomic mass is 16.5. The minimum Gasteiger partial charge on any atom is -0.396 e. The Morgan fingerprint density at radius 3 is 3.00 bits per heavy atom. The largest absolute Gasteiger partial charge is 0.396 e. The van der Waals surface area contributed by atoms with Crippen LogP contribution in [0.3, 0.4) is 0 Å². The van der Waals surface area contributed by atoms with Crippen molar-refractivity contribution in [2.24, 2.45) is 0 Å². The molecule has 0 radical (unpaired) electrons. The fourth-order valence-electron chi connectivity index (χ4n) is 1.27. The van der Waals surface area contributed by atoms with E-state index in [1.807, 2.05) is 6.08 Å². The van der Waals surface area contributed by atoms with Gasteiger partial charge in [0.25, 0.3) is 0 Å². The highest BCUT2D eigenvalue weighted by Crippen LogP contribution is 2.15. The Morgan fingerprint density at radius 2 is 2.36 bits per heavy atom. The van der Waals surface area contributed by atoms with Gasteiger partial charge in [-0.1, -0.05) is 12.2 Å². The van der Waals surface area contributed by atoms with Gasteiger partial charge in [0.05, 0.1) is 6.10 Å². The quantitative estimate of drug-likeness (QED) is 0.625. The molecule has 2 heteroatoms. The summed E-state index contributed by atoms with van der Waals surface area (Å²) in [4.78, 5) is 0.